The van der Waals surface area contributed by atoms with E-state index in [9.17, 15) is 0 Å². The van der Waals surface area contributed by atoms with Crippen molar-refractivity contribution in [1.82, 2.24) is 0 Å². The fraction of sp³-hybridized carbons (Fsp3) is 0. The Kier molecular flexibility index (Phi) is 6.18. The third kappa shape index (κ3) is 4.59. The summed E-state index contributed by atoms with van der Waals surface area (Å²) in [6, 6.07) is 62.1. The predicted octanol–water partition coefficient (Wildman–Crippen LogP) is 13.4. The third-order valence-corrected chi connectivity index (χ3v) is 9.67. The van der Waals surface area contributed by atoms with Crippen LogP contribution in [0.15, 0.2) is 185 Å². The van der Waals surface area contributed by atoms with Crippen LogP contribution in [0.25, 0.3) is 76.9 Å². The Morgan fingerprint density at radius 1 is 0.327 bits per heavy atom. The van der Waals surface area contributed by atoms with E-state index in [2.05, 4.69) is 157 Å². The van der Waals surface area contributed by atoms with Gasteiger partial charge >= 0.3 is 0 Å². The second kappa shape index (κ2) is 11.0. The molecule has 230 valence electrons. The number of anilines is 3. The Morgan fingerprint density at radius 2 is 0.898 bits per heavy atom. The number of nitrogens with zero attached hydrogens (tertiary/aromatic N) is 1. The molecule has 0 aliphatic heterocycles. The largest absolute Gasteiger partial charge is 0.456 e. The number of hydrogen-bond donors (Lipinski definition) is 0. The number of hydrogen-bond acceptors (Lipinski definition) is 3. The highest BCUT2D eigenvalue weighted by Crippen LogP contribution is 2.41. The number of para-hydroxylation sites is 3. The lowest BCUT2D eigenvalue weighted by Gasteiger charge is -2.26. The van der Waals surface area contributed by atoms with Crippen LogP contribution in [-0.2, 0) is 0 Å². The van der Waals surface area contributed by atoms with E-state index in [-0.39, 0.29) is 0 Å². The molecule has 0 aliphatic rings. The van der Waals surface area contributed by atoms with Gasteiger partial charge in [-0.3, -0.25) is 0 Å². The molecular formula is C46H29NO2. The molecule has 0 radical (unpaired) electrons. The number of benzene rings is 8. The lowest BCUT2D eigenvalue weighted by molar-refractivity contribution is 0.669. The molecule has 0 unspecified atom stereocenters. The normalized spacial score (nSPS) is 11.7. The van der Waals surface area contributed by atoms with Crippen LogP contribution in [-0.4, -0.2) is 0 Å². The highest BCUT2D eigenvalue weighted by Gasteiger charge is 2.17. The van der Waals surface area contributed by atoms with E-state index in [1.165, 1.54) is 21.9 Å². The number of rotatable bonds is 5. The molecule has 3 nitrogen and oxygen atoms in total. The van der Waals surface area contributed by atoms with Crippen molar-refractivity contribution >= 4 is 71.7 Å². The van der Waals surface area contributed by atoms with E-state index in [1.807, 2.05) is 24.3 Å². The van der Waals surface area contributed by atoms with Crippen molar-refractivity contribution in [2.45, 2.75) is 0 Å². The van der Waals surface area contributed by atoms with Gasteiger partial charge in [-0.1, -0.05) is 115 Å². The lowest BCUT2D eigenvalue weighted by atomic mass is 10.0. The molecule has 0 amide bonds. The van der Waals surface area contributed by atoms with Gasteiger partial charge in [-0.2, -0.15) is 0 Å². The summed E-state index contributed by atoms with van der Waals surface area (Å²) in [5.74, 6) is 0. The average Bonchev–Trinajstić information content (AvgIpc) is 3.74. The van der Waals surface area contributed by atoms with Crippen LogP contribution in [0.4, 0.5) is 17.1 Å². The van der Waals surface area contributed by atoms with E-state index < -0.39 is 0 Å². The first-order valence-electron chi connectivity index (χ1n) is 16.6. The maximum Gasteiger partial charge on any atom is 0.143 e. The van der Waals surface area contributed by atoms with Crippen molar-refractivity contribution in [1.29, 1.82) is 0 Å². The van der Waals surface area contributed by atoms with Gasteiger partial charge in [0.15, 0.2) is 0 Å². The third-order valence-electron chi connectivity index (χ3n) is 9.67. The van der Waals surface area contributed by atoms with Gasteiger partial charge in [0.1, 0.15) is 22.3 Å². The van der Waals surface area contributed by atoms with Gasteiger partial charge in [-0.05, 0) is 88.1 Å². The molecule has 8 aromatic carbocycles. The van der Waals surface area contributed by atoms with Crippen molar-refractivity contribution in [3.63, 3.8) is 0 Å². The molecule has 0 fully saturated rings. The van der Waals surface area contributed by atoms with Gasteiger partial charge in [-0.25, -0.2) is 0 Å². The molecule has 0 saturated carbocycles. The molecule has 10 aromatic rings. The van der Waals surface area contributed by atoms with Gasteiger partial charge in [0.05, 0.1) is 0 Å². The first-order chi connectivity index (χ1) is 24.3. The quantitative estimate of drug-likeness (QED) is 0.190. The molecular weight excluding hydrogens is 599 g/mol. The summed E-state index contributed by atoms with van der Waals surface area (Å²) in [6.07, 6.45) is 0. The Balaban J connectivity index is 1.09. The fourth-order valence-electron chi connectivity index (χ4n) is 7.24. The summed E-state index contributed by atoms with van der Waals surface area (Å²) >= 11 is 0. The van der Waals surface area contributed by atoms with Crippen LogP contribution in [0.2, 0.25) is 0 Å². The van der Waals surface area contributed by atoms with Crippen molar-refractivity contribution in [3.8, 4) is 22.3 Å². The van der Waals surface area contributed by atoms with Crippen LogP contribution < -0.4 is 4.90 Å². The molecule has 49 heavy (non-hydrogen) atoms. The lowest BCUT2D eigenvalue weighted by Crippen LogP contribution is -2.09. The van der Waals surface area contributed by atoms with Gasteiger partial charge < -0.3 is 13.7 Å². The Morgan fingerprint density at radius 3 is 1.67 bits per heavy atom. The summed E-state index contributed by atoms with van der Waals surface area (Å²) in [6.45, 7) is 0. The predicted molar refractivity (Wildman–Crippen MR) is 204 cm³/mol. The van der Waals surface area contributed by atoms with Crippen molar-refractivity contribution in [2.75, 3.05) is 4.90 Å². The van der Waals surface area contributed by atoms with Crippen molar-refractivity contribution in [3.05, 3.63) is 176 Å². The molecule has 0 bridgehead atoms. The summed E-state index contributed by atoms with van der Waals surface area (Å²) < 4.78 is 12.6. The summed E-state index contributed by atoms with van der Waals surface area (Å²) in [5, 5.41) is 6.96. The summed E-state index contributed by atoms with van der Waals surface area (Å²) in [7, 11) is 0. The second-order valence-corrected chi connectivity index (χ2v) is 12.6. The SMILES string of the molecule is c1ccc2cc(-c3ccc(N(c4ccc(-c5cccc6c5oc5ccccc56)cc4)c4ccc5oc6ccccc6c5c4)cc3)ccc2c1. The van der Waals surface area contributed by atoms with Crippen LogP contribution in [0.3, 0.4) is 0 Å². The molecule has 2 aromatic heterocycles. The van der Waals surface area contributed by atoms with Crippen LogP contribution >= 0.6 is 0 Å². The molecule has 0 aliphatic carbocycles. The number of fused-ring (bicyclic) bond motifs is 7. The zero-order valence-corrected chi connectivity index (χ0v) is 26.5. The average molecular weight is 628 g/mol. The van der Waals surface area contributed by atoms with E-state index >= 15 is 0 Å². The minimum absolute atomic E-state index is 0.880. The molecule has 3 heteroatoms. The van der Waals surface area contributed by atoms with E-state index in [0.717, 1.165) is 72.1 Å². The van der Waals surface area contributed by atoms with E-state index in [0.29, 0.717) is 0 Å². The zero-order chi connectivity index (χ0) is 32.3. The van der Waals surface area contributed by atoms with Gasteiger partial charge in [0, 0.05) is 44.2 Å². The monoisotopic (exact) mass is 627 g/mol. The molecule has 2 heterocycles. The minimum atomic E-state index is 0.880. The van der Waals surface area contributed by atoms with Crippen LogP contribution in [0.1, 0.15) is 0 Å². The molecule has 10 rings (SSSR count). The van der Waals surface area contributed by atoms with Gasteiger partial charge in [-0.15, -0.1) is 0 Å². The first kappa shape index (κ1) is 27.5. The Hall–Kier alpha value is -6.58. The highest BCUT2D eigenvalue weighted by atomic mass is 16.3. The summed E-state index contributed by atoms with van der Waals surface area (Å²) in [4.78, 5) is 2.32. The van der Waals surface area contributed by atoms with Gasteiger partial charge in [0.25, 0.3) is 0 Å². The topological polar surface area (TPSA) is 29.5 Å². The molecule has 0 saturated heterocycles. The second-order valence-electron chi connectivity index (χ2n) is 12.6. The fourth-order valence-corrected chi connectivity index (χ4v) is 7.24. The molecule has 0 N–H and O–H groups in total. The maximum absolute atomic E-state index is 6.37. The van der Waals surface area contributed by atoms with Crippen LogP contribution in [0.5, 0.6) is 0 Å². The standard InChI is InChI=1S/C46H29NO2/c1-2-9-33-28-34(17-16-30(33)8-1)31-18-22-35(23-19-31)47(37-26-27-45-42(29-37)40-11-4-5-14-43(40)48-45)36-24-20-32(21-25-36)38-12-7-13-41-39-10-3-6-15-44(39)49-46(38)41/h1-29H. The van der Waals surface area contributed by atoms with Gasteiger partial charge in [0.2, 0.25) is 0 Å². The van der Waals surface area contributed by atoms with Crippen molar-refractivity contribution in [2.24, 2.45) is 0 Å². The Bertz CT molecular complexity index is 2820. The zero-order valence-electron chi connectivity index (χ0n) is 26.5. The smallest absolute Gasteiger partial charge is 0.143 e. The Labute approximate surface area is 282 Å². The van der Waals surface area contributed by atoms with Crippen LogP contribution in [0, 0.1) is 0 Å². The minimum Gasteiger partial charge on any atom is -0.456 e. The van der Waals surface area contributed by atoms with E-state index in [4.69, 9.17) is 8.83 Å². The summed E-state index contributed by atoms with van der Waals surface area (Å²) in [5.41, 5.74) is 11.4. The maximum atomic E-state index is 6.37. The first-order valence-corrected chi connectivity index (χ1v) is 16.6. The highest BCUT2D eigenvalue weighted by molar-refractivity contribution is 6.10. The molecule has 0 spiro atoms. The number of furan rings is 2. The van der Waals surface area contributed by atoms with E-state index in [1.54, 1.807) is 0 Å². The molecule has 0 atom stereocenters. The van der Waals surface area contributed by atoms with Crippen molar-refractivity contribution < 1.29 is 8.83 Å².